The molecule has 1 atom stereocenters. The summed E-state index contributed by atoms with van der Waals surface area (Å²) in [6, 6.07) is 9.78. The lowest BCUT2D eigenvalue weighted by molar-refractivity contribution is 0.111. The van der Waals surface area contributed by atoms with Crippen LogP contribution in [-0.2, 0) is 4.74 Å². The maximum Gasteiger partial charge on any atom is 0.197 e. The molecule has 2 aromatic rings. The Morgan fingerprint density at radius 1 is 1.29 bits per heavy atom. The van der Waals surface area contributed by atoms with Crippen molar-refractivity contribution in [3.63, 3.8) is 0 Å². The molecule has 1 fully saturated rings. The predicted molar refractivity (Wildman–Crippen MR) is 99.6 cm³/mol. The number of methoxy groups -OCH3 is 1. The van der Waals surface area contributed by atoms with Gasteiger partial charge in [0.15, 0.2) is 17.3 Å². The van der Waals surface area contributed by atoms with Crippen LogP contribution in [-0.4, -0.2) is 31.1 Å². The van der Waals surface area contributed by atoms with E-state index in [9.17, 15) is 0 Å². The highest BCUT2D eigenvalue weighted by Gasteiger charge is 2.14. The van der Waals surface area contributed by atoms with Gasteiger partial charge in [-0.15, -0.1) is 11.3 Å². The van der Waals surface area contributed by atoms with Crippen molar-refractivity contribution in [2.24, 2.45) is 10.7 Å². The van der Waals surface area contributed by atoms with Crippen molar-refractivity contribution < 1.29 is 4.74 Å². The molecule has 0 saturated carbocycles. The summed E-state index contributed by atoms with van der Waals surface area (Å²) in [5, 5.41) is 5.88. The largest absolute Gasteiger partial charge is 0.370 e. The average molecular weight is 345 g/mol. The fourth-order valence-corrected chi connectivity index (χ4v) is 3.47. The van der Waals surface area contributed by atoms with Crippen LogP contribution in [0.25, 0.3) is 0 Å². The van der Waals surface area contributed by atoms with E-state index in [4.69, 9.17) is 10.5 Å². The van der Waals surface area contributed by atoms with Gasteiger partial charge in [-0.2, -0.15) is 0 Å². The highest BCUT2D eigenvalue weighted by molar-refractivity contribution is 7.14. The van der Waals surface area contributed by atoms with Crippen LogP contribution in [0.4, 0.5) is 10.9 Å². The Balaban J connectivity index is 1.65. The van der Waals surface area contributed by atoms with Gasteiger partial charge in [-0.25, -0.2) is 9.98 Å². The lowest BCUT2D eigenvalue weighted by Crippen LogP contribution is -2.29. The second-order valence-electron chi connectivity index (χ2n) is 5.70. The number of anilines is 2. The molecule has 3 N–H and O–H groups in total. The zero-order chi connectivity index (χ0) is 16.8. The lowest BCUT2D eigenvalue weighted by Gasteiger charge is -2.26. The quantitative estimate of drug-likeness (QED) is 0.643. The molecule has 2 heterocycles. The molecule has 1 aliphatic heterocycles. The number of hydrogen-bond donors (Lipinski definition) is 2. The topological polar surface area (TPSA) is 75.8 Å². The third kappa shape index (κ3) is 4.24. The Kier molecular flexibility index (Phi) is 5.66. The fraction of sp³-hybridized carbons (Fsp3) is 0.412. The number of nitrogens with one attached hydrogen (secondary N) is 1. The molecular weight excluding hydrogens is 322 g/mol. The van der Waals surface area contributed by atoms with Gasteiger partial charge in [-0.1, -0.05) is 30.3 Å². The zero-order valence-electron chi connectivity index (χ0n) is 13.8. The van der Waals surface area contributed by atoms with Crippen LogP contribution in [0.1, 0.15) is 31.1 Å². The number of piperidine rings is 1. The number of rotatable bonds is 5. The third-order valence-electron chi connectivity index (χ3n) is 3.97. The van der Waals surface area contributed by atoms with Gasteiger partial charge in [0.1, 0.15) is 5.82 Å². The number of aromatic nitrogens is 1. The van der Waals surface area contributed by atoms with Gasteiger partial charge in [0.05, 0.1) is 0 Å². The minimum absolute atomic E-state index is 0.297. The minimum Gasteiger partial charge on any atom is -0.370 e. The molecule has 1 aliphatic rings. The Morgan fingerprint density at radius 2 is 2.04 bits per heavy atom. The first-order chi connectivity index (χ1) is 11.8. The summed E-state index contributed by atoms with van der Waals surface area (Å²) >= 11 is 1.54. The van der Waals surface area contributed by atoms with E-state index in [2.05, 4.69) is 25.6 Å². The Labute approximate surface area is 146 Å². The number of benzene rings is 1. The lowest BCUT2D eigenvalue weighted by atomic mass is 10.1. The van der Waals surface area contributed by atoms with Crippen molar-refractivity contribution in [1.29, 1.82) is 0 Å². The molecule has 0 aliphatic carbocycles. The van der Waals surface area contributed by atoms with Crippen LogP contribution in [0, 0.1) is 0 Å². The molecule has 1 aromatic carbocycles. The molecule has 0 amide bonds. The maximum atomic E-state index is 6.02. The first-order valence-corrected chi connectivity index (χ1v) is 9.03. The highest BCUT2D eigenvalue weighted by Crippen LogP contribution is 2.25. The molecule has 1 aromatic heterocycles. The van der Waals surface area contributed by atoms with Gasteiger partial charge in [0, 0.05) is 31.1 Å². The van der Waals surface area contributed by atoms with Gasteiger partial charge in [0.2, 0.25) is 0 Å². The number of hydrogen-bond acceptors (Lipinski definition) is 5. The van der Waals surface area contributed by atoms with Crippen LogP contribution in [0.5, 0.6) is 0 Å². The van der Waals surface area contributed by atoms with Gasteiger partial charge in [-0.05, 0) is 19.3 Å². The maximum absolute atomic E-state index is 6.02. The first kappa shape index (κ1) is 16.7. The molecular formula is C17H23N5OS. The van der Waals surface area contributed by atoms with Crippen LogP contribution in [0.2, 0.25) is 0 Å². The number of nitrogens with zero attached hydrogens (tertiary/aromatic N) is 3. The number of thiazole rings is 1. The number of ether oxygens (including phenoxy) is 1. The monoisotopic (exact) mass is 345 g/mol. The summed E-state index contributed by atoms with van der Waals surface area (Å²) in [6.45, 7) is 2.15. The van der Waals surface area contributed by atoms with Gasteiger partial charge in [-0.3, -0.25) is 0 Å². The van der Waals surface area contributed by atoms with Crippen molar-refractivity contribution in [1.82, 2.24) is 4.98 Å². The van der Waals surface area contributed by atoms with E-state index >= 15 is 0 Å². The molecule has 0 radical (unpaired) electrons. The first-order valence-electron chi connectivity index (χ1n) is 8.15. The summed E-state index contributed by atoms with van der Waals surface area (Å²) in [4.78, 5) is 11.3. The number of guanidine groups is 1. The Bertz CT molecular complexity index is 667. The van der Waals surface area contributed by atoms with E-state index in [1.54, 1.807) is 7.11 Å². The second kappa shape index (κ2) is 8.12. The number of aliphatic imine (C=N–C) groups is 1. The van der Waals surface area contributed by atoms with Gasteiger partial charge < -0.3 is 20.7 Å². The second-order valence-corrected chi connectivity index (χ2v) is 6.55. The zero-order valence-corrected chi connectivity index (χ0v) is 14.6. The van der Waals surface area contributed by atoms with Crippen LogP contribution >= 0.6 is 11.3 Å². The fourth-order valence-electron chi connectivity index (χ4n) is 2.74. The summed E-state index contributed by atoms with van der Waals surface area (Å²) < 4.78 is 5.41. The Morgan fingerprint density at radius 3 is 2.75 bits per heavy atom. The van der Waals surface area contributed by atoms with Crippen LogP contribution in [0.3, 0.4) is 0 Å². The van der Waals surface area contributed by atoms with Crippen molar-refractivity contribution >= 4 is 28.2 Å². The molecule has 0 spiro atoms. The van der Waals surface area contributed by atoms with E-state index in [1.807, 2.05) is 30.3 Å². The molecule has 1 saturated heterocycles. The molecule has 1 unspecified atom stereocenters. The molecule has 3 rings (SSSR count). The van der Waals surface area contributed by atoms with E-state index in [0.29, 0.717) is 5.96 Å². The predicted octanol–water partition coefficient (Wildman–Crippen LogP) is 3.21. The van der Waals surface area contributed by atoms with Crippen molar-refractivity contribution in [2.75, 3.05) is 30.4 Å². The third-order valence-corrected chi connectivity index (χ3v) is 4.72. The molecule has 128 valence electrons. The highest BCUT2D eigenvalue weighted by atomic mass is 32.1. The molecule has 24 heavy (non-hydrogen) atoms. The van der Waals surface area contributed by atoms with Gasteiger partial charge >= 0.3 is 0 Å². The molecule has 7 heteroatoms. The van der Waals surface area contributed by atoms with Crippen molar-refractivity contribution in [2.45, 2.75) is 25.5 Å². The standard InChI is InChI=1S/C17H23N5OS/c1-23-15(13-8-4-2-5-9-13)20-16(18)21-17-19-14(12-24-17)22-10-6-3-7-11-22/h2,4-5,8-9,12,15H,3,6-7,10-11H2,1H3,(H3,18,19,20,21). The van der Waals surface area contributed by atoms with E-state index in [-0.39, 0.29) is 0 Å². The Hall–Kier alpha value is -2.12. The minimum atomic E-state index is -0.430. The van der Waals surface area contributed by atoms with Crippen molar-refractivity contribution in [3.8, 4) is 0 Å². The summed E-state index contributed by atoms with van der Waals surface area (Å²) in [7, 11) is 1.62. The SMILES string of the molecule is COC(N=C(N)Nc1nc(N2CCCCC2)cs1)c1ccccc1. The summed E-state index contributed by atoms with van der Waals surface area (Å²) in [5.41, 5.74) is 6.98. The summed E-state index contributed by atoms with van der Waals surface area (Å²) in [6.07, 6.45) is 3.34. The van der Waals surface area contributed by atoms with E-state index in [1.165, 1.54) is 30.6 Å². The van der Waals surface area contributed by atoms with E-state index < -0.39 is 6.23 Å². The van der Waals surface area contributed by atoms with Crippen molar-refractivity contribution in [3.05, 3.63) is 41.3 Å². The normalized spacial score (nSPS) is 16.9. The van der Waals surface area contributed by atoms with Gasteiger partial charge in [0.25, 0.3) is 0 Å². The van der Waals surface area contributed by atoms with E-state index in [0.717, 1.165) is 29.6 Å². The number of nitrogens with two attached hydrogens (primary N) is 1. The van der Waals surface area contributed by atoms with Crippen LogP contribution in [0.15, 0.2) is 40.7 Å². The summed E-state index contributed by atoms with van der Waals surface area (Å²) in [5.74, 6) is 1.31. The smallest absolute Gasteiger partial charge is 0.197 e. The van der Waals surface area contributed by atoms with Crippen LogP contribution < -0.4 is 16.0 Å². The average Bonchev–Trinajstić information content (AvgIpc) is 3.09. The molecule has 0 bridgehead atoms. The molecule has 6 nitrogen and oxygen atoms in total.